The summed E-state index contributed by atoms with van der Waals surface area (Å²) in [6.07, 6.45) is 1.51. The molecule has 0 aliphatic carbocycles. The van der Waals surface area contributed by atoms with Crippen molar-refractivity contribution in [1.82, 2.24) is 24.5 Å². The molecule has 8 nitrogen and oxygen atoms in total. The zero-order chi connectivity index (χ0) is 17.9. The van der Waals surface area contributed by atoms with Crippen LogP contribution in [0.25, 0.3) is 5.69 Å². The Morgan fingerprint density at radius 1 is 1.12 bits per heavy atom. The van der Waals surface area contributed by atoms with Gasteiger partial charge in [0.1, 0.15) is 18.7 Å². The fourth-order valence-electron chi connectivity index (χ4n) is 2.15. The van der Waals surface area contributed by atoms with Crippen LogP contribution in [0.4, 0.5) is 0 Å². The van der Waals surface area contributed by atoms with Crippen LogP contribution in [0.15, 0.2) is 59.8 Å². The van der Waals surface area contributed by atoms with Gasteiger partial charge >= 0.3 is 0 Å². The molecular formula is C16H17N5O3S. The maximum Gasteiger partial charge on any atom is 0.242 e. The molecule has 0 fully saturated rings. The average Bonchev–Trinajstić information content (AvgIpc) is 3.15. The van der Waals surface area contributed by atoms with Gasteiger partial charge in [0, 0.05) is 14.1 Å². The van der Waals surface area contributed by atoms with E-state index in [1.807, 2.05) is 18.2 Å². The Morgan fingerprint density at radius 2 is 1.88 bits per heavy atom. The Kier molecular flexibility index (Phi) is 4.77. The molecule has 3 rings (SSSR count). The van der Waals surface area contributed by atoms with Gasteiger partial charge in [0.25, 0.3) is 0 Å². The van der Waals surface area contributed by atoms with Crippen molar-refractivity contribution in [3.63, 3.8) is 0 Å². The van der Waals surface area contributed by atoms with Crippen LogP contribution < -0.4 is 4.74 Å². The van der Waals surface area contributed by atoms with Gasteiger partial charge in [-0.3, -0.25) is 0 Å². The molecule has 0 spiro atoms. The topological polar surface area (TPSA) is 90.2 Å². The molecule has 2 aromatic carbocycles. The summed E-state index contributed by atoms with van der Waals surface area (Å²) in [6.45, 7) is 0.265. The minimum Gasteiger partial charge on any atom is -0.489 e. The Hall–Kier alpha value is -2.78. The normalized spacial score (nSPS) is 11.6. The van der Waals surface area contributed by atoms with E-state index in [4.69, 9.17) is 4.74 Å². The SMILES string of the molecule is CN(C)S(=O)(=O)c1cccc(COc2ccc(-n3cnnn3)cc2)c1. The van der Waals surface area contributed by atoms with Crippen LogP contribution in [0.2, 0.25) is 0 Å². The van der Waals surface area contributed by atoms with Crippen molar-refractivity contribution in [1.29, 1.82) is 0 Å². The lowest BCUT2D eigenvalue weighted by atomic mass is 10.2. The van der Waals surface area contributed by atoms with E-state index >= 15 is 0 Å². The van der Waals surface area contributed by atoms with Crippen LogP contribution in [0.1, 0.15) is 5.56 Å². The molecule has 0 aliphatic rings. The fraction of sp³-hybridized carbons (Fsp3) is 0.188. The van der Waals surface area contributed by atoms with Gasteiger partial charge < -0.3 is 4.74 Å². The lowest BCUT2D eigenvalue weighted by Gasteiger charge is -2.12. The van der Waals surface area contributed by atoms with Crippen LogP contribution in [0.5, 0.6) is 5.75 Å². The van der Waals surface area contributed by atoms with E-state index in [1.54, 1.807) is 35.0 Å². The smallest absolute Gasteiger partial charge is 0.242 e. The number of hydrogen-bond donors (Lipinski definition) is 0. The molecule has 1 aromatic heterocycles. The summed E-state index contributed by atoms with van der Waals surface area (Å²) in [5.74, 6) is 0.665. The van der Waals surface area contributed by atoms with Crippen molar-refractivity contribution in [2.45, 2.75) is 11.5 Å². The lowest BCUT2D eigenvalue weighted by molar-refractivity contribution is 0.306. The van der Waals surface area contributed by atoms with Crippen molar-refractivity contribution in [2.75, 3.05) is 14.1 Å². The van der Waals surface area contributed by atoms with Gasteiger partial charge in [0.15, 0.2) is 0 Å². The number of rotatable bonds is 6. The second-order valence-corrected chi connectivity index (χ2v) is 7.62. The molecule has 0 radical (unpaired) electrons. The summed E-state index contributed by atoms with van der Waals surface area (Å²) in [5.41, 5.74) is 1.59. The first-order valence-electron chi connectivity index (χ1n) is 7.44. The number of aromatic nitrogens is 4. The molecule has 130 valence electrons. The Labute approximate surface area is 145 Å². The summed E-state index contributed by atoms with van der Waals surface area (Å²) in [5, 5.41) is 11.0. The van der Waals surface area contributed by atoms with Crippen molar-refractivity contribution < 1.29 is 13.2 Å². The van der Waals surface area contributed by atoms with Gasteiger partial charge in [-0.15, -0.1) is 5.10 Å². The highest BCUT2D eigenvalue weighted by Gasteiger charge is 2.17. The monoisotopic (exact) mass is 359 g/mol. The van der Waals surface area contributed by atoms with Crippen LogP contribution in [0, 0.1) is 0 Å². The average molecular weight is 359 g/mol. The van der Waals surface area contributed by atoms with E-state index in [1.165, 1.54) is 24.7 Å². The largest absolute Gasteiger partial charge is 0.489 e. The molecular weight excluding hydrogens is 342 g/mol. The maximum atomic E-state index is 12.2. The highest BCUT2D eigenvalue weighted by atomic mass is 32.2. The summed E-state index contributed by atoms with van der Waals surface area (Å²) in [4.78, 5) is 0.243. The van der Waals surface area contributed by atoms with Gasteiger partial charge in [-0.25, -0.2) is 17.4 Å². The van der Waals surface area contributed by atoms with Gasteiger partial charge in [0.2, 0.25) is 10.0 Å². The van der Waals surface area contributed by atoms with E-state index in [2.05, 4.69) is 15.5 Å². The number of sulfonamides is 1. The Morgan fingerprint density at radius 3 is 2.52 bits per heavy atom. The first-order chi connectivity index (χ1) is 12.0. The molecule has 3 aromatic rings. The van der Waals surface area contributed by atoms with Gasteiger partial charge in [0.05, 0.1) is 10.6 Å². The third-order valence-electron chi connectivity index (χ3n) is 3.53. The van der Waals surface area contributed by atoms with Crippen LogP contribution in [0.3, 0.4) is 0 Å². The second kappa shape index (κ2) is 6.99. The maximum absolute atomic E-state index is 12.2. The Balaban J connectivity index is 1.70. The van der Waals surface area contributed by atoms with Gasteiger partial charge in [-0.05, 0) is 52.4 Å². The predicted octanol–water partition coefficient (Wildman–Crippen LogP) is 1.49. The minimum atomic E-state index is -3.46. The molecule has 0 aliphatic heterocycles. The highest BCUT2D eigenvalue weighted by molar-refractivity contribution is 7.89. The standard InChI is InChI=1S/C16H17N5O3S/c1-20(2)25(22,23)16-5-3-4-13(10-16)11-24-15-8-6-14(7-9-15)21-12-17-18-19-21/h3-10,12H,11H2,1-2H3. The van der Waals surface area contributed by atoms with Crippen LogP contribution in [-0.2, 0) is 16.6 Å². The molecule has 25 heavy (non-hydrogen) atoms. The molecule has 0 unspecified atom stereocenters. The van der Waals surface area contributed by atoms with Crippen LogP contribution >= 0.6 is 0 Å². The number of benzene rings is 2. The van der Waals surface area contributed by atoms with E-state index in [-0.39, 0.29) is 11.5 Å². The third kappa shape index (κ3) is 3.83. The van der Waals surface area contributed by atoms with Crippen molar-refractivity contribution in [3.8, 4) is 11.4 Å². The van der Waals surface area contributed by atoms with Gasteiger partial charge in [-0.2, -0.15) is 0 Å². The zero-order valence-corrected chi connectivity index (χ0v) is 14.6. The predicted molar refractivity (Wildman–Crippen MR) is 90.8 cm³/mol. The summed E-state index contributed by atoms with van der Waals surface area (Å²) in [6, 6.07) is 14.0. The second-order valence-electron chi connectivity index (χ2n) is 5.47. The summed E-state index contributed by atoms with van der Waals surface area (Å²) < 4.78 is 32.8. The first kappa shape index (κ1) is 17.1. The van der Waals surface area contributed by atoms with Crippen LogP contribution in [-0.4, -0.2) is 47.0 Å². The number of ether oxygens (including phenoxy) is 1. The fourth-order valence-corrected chi connectivity index (χ4v) is 3.12. The molecule has 9 heteroatoms. The highest BCUT2D eigenvalue weighted by Crippen LogP contribution is 2.18. The van der Waals surface area contributed by atoms with Gasteiger partial charge in [-0.1, -0.05) is 12.1 Å². The van der Waals surface area contributed by atoms with E-state index in [9.17, 15) is 8.42 Å². The molecule has 0 saturated heterocycles. The van der Waals surface area contributed by atoms with E-state index in [0.29, 0.717) is 5.75 Å². The Bertz CT molecular complexity index is 938. The number of tetrazole rings is 1. The molecule has 0 bridgehead atoms. The number of nitrogens with zero attached hydrogens (tertiary/aromatic N) is 5. The van der Waals surface area contributed by atoms with E-state index in [0.717, 1.165) is 11.3 Å². The molecule has 1 heterocycles. The molecule has 0 N–H and O–H groups in total. The first-order valence-corrected chi connectivity index (χ1v) is 8.88. The number of hydrogen-bond acceptors (Lipinski definition) is 6. The summed E-state index contributed by atoms with van der Waals surface area (Å²) >= 11 is 0. The van der Waals surface area contributed by atoms with Crippen molar-refractivity contribution >= 4 is 10.0 Å². The van der Waals surface area contributed by atoms with E-state index < -0.39 is 10.0 Å². The third-order valence-corrected chi connectivity index (χ3v) is 5.34. The molecule has 0 saturated carbocycles. The molecule has 0 amide bonds. The molecule has 0 atom stereocenters. The summed E-state index contributed by atoms with van der Waals surface area (Å²) in [7, 11) is -0.447. The van der Waals surface area contributed by atoms with Crippen molar-refractivity contribution in [3.05, 3.63) is 60.4 Å². The quantitative estimate of drug-likeness (QED) is 0.662. The zero-order valence-electron chi connectivity index (χ0n) is 13.8. The van der Waals surface area contributed by atoms with Crippen molar-refractivity contribution in [2.24, 2.45) is 0 Å². The lowest BCUT2D eigenvalue weighted by Crippen LogP contribution is -2.22. The minimum absolute atomic E-state index is 0.243.